The van der Waals surface area contributed by atoms with Crippen molar-refractivity contribution in [3.8, 4) is 17.1 Å². The first-order valence-electron chi connectivity index (χ1n) is 7.92. The summed E-state index contributed by atoms with van der Waals surface area (Å²) in [6, 6.07) is 7.46. The topological polar surface area (TPSA) is 90.1 Å². The van der Waals surface area contributed by atoms with Gasteiger partial charge in [-0.05, 0) is 38.1 Å². The monoisotopic (exact) mass is 358 g/mol. The van der Waals surface area contributed by atoms with Crippen molar-refractivity contribution >= 4 is 22.4 Å². The normalized spacial score (nSPS) is 10.6. The predicted octanol–water partition coefficient (Wildman–Crippen LogP) is 3.47. The van der Waals surface area contributed by atoms with Gasteiger partial charge in [-0.1, -0.05) is 5.16 Å². The Morgan fingerprint density at radius 2 is 2.08 bits per heavy atom. The average Bonchev–Trinajstić information content (AvgIpc) is 3.23. The minimum Gasteiger partial charge on any atom is -0.494 e. The third-order valence-electron chi connectivity index (χ3n) is 3.32. The smallest absolute Gasteiger partial charge is 0.227 e. The van der Waals surface area contributed by atoms with Crippen molar-refractivity contribution in [1.29, 1.82) is 0 Å². The van der Waals surface area contributed by atoms with Crippen LogP contribution in [0, 0.1) is 6.92 Å². The van der Waals surface area contributed by atoms with Crippen molar-refractivity contribution in [2.75, 3.05) is 11.9 Å². The van der Waals surface area contributed by atoms with E-state index in [1.807, 2.05) is 43.5 Å². The molecule has 0 aliphatic carbocycles. The number of carbonyl (C=O) groups is 1. The quantitative estimate of drug-likeness (QED) is 0.695. The summed E-state index contributed by atoms with van der Waals surface area (Å²) in [5.41, 5.74) is 1.72. The van der Waals surface area contributed by atoms with Gasteiger partial charge < -0.3 is 14.6 Å². The highest BCUT2D eigenvalue weighted by Gasteiger charge is 2.12. The van der Waals surface area contributed by atoms with E-state index in [0.29, 0.717) is 29.9 Å². The first-order valence-corrected chi connectivity index (χ1v) is 8.80. The van der Waals surface area contributed by atoms with Crippen LogP contribution in [0.25, 0.3) is 11.4 Å². The molecule has 1 aromatic carbocycles. The number of amides is 1. The number of anilines is 1. The number of thiazole rings is 1. The summed E-state index contributed by atoms with van der Waals surface area (Å²) in [6.45, 7) is 4.44. The van der Waals surface area contributed by atoms with Crippen molar-refractivity contribution in [2.24, 2.45) is 0 Å². The van der Waals surface area contributed by atoms with Crippen LogP contribution in [0.5, 0.6) is 5.75 Å². The molecular weight excluding hydrogens is 340 g/mol. The fraction of sp³-hybridized carbons (Fsp3) is 0.294. The molecule has 0 saturated heterocycles. The number of carbonyl (C=O) groups excluding carboxylic acids is 1. The minimum absolute atomic E-state index is 0.129. The molecular formula is C17H18N4O3S. The number of nitrogens with zero attached hydrogens (tertiary/aromatic N) is 3. The van der Waals surface area contributed by atoms with Gasteiger partial charge in [0.2, 0.25) is 17.6 Å². The molecule has 0 radical (unpaired) electrons. The number of hydrogen-bond donors (Lipinski definition) is 1. The SMILES string of the molecule is CCOc1ccc(-c2noc(CCC(=O)Nc3nc(C)cs3)n2)cc1. The summed E-state index contributed by atoms with van der Waals surface area (Å²) in [4.78, 5) is 20.4. The molecule has 0 saturated carbocycles. The van der Waals surface area contributed by atoms with Crippen LogP contribution in [-0.2, 0) is 11.2 Å². The van der Waals surface area contributed by atoms with Gasteiger partial charge in [-0.25, -0.2) is 4.98 Å². The Balaban J connectivity index is 1.55. The molecule has 0 atom stereocenters. The van der Waals surface area contributed by atoms with E-state index >= 15 is 0 Å². The molecule has 130 valence electrons. The number of ether oxygens (including phenoxy) is 1. The standard InChI is InChI=1S/C17H18N4O3S/c1-3-23-13-6-4-12(5-7-13)16-20-15(24-21-16)9-8-14(22)19-17-18-11(2)10-25-17/h4-7,10H,3,8-9H2,1-2H3,(H,18,19,22). The third kappa shape index (κ3) is 4.63. The Kier molecular flexibility index (Phi) is 5.39. The summed E-state index contributed by atoms with van der Waals surface area (Å²) in [5, 5.41) is 9.20. The molecule has 2 aromatic heterocycles. The summed E-state index contributed by atoms with van der Waals surface area (Å²) in [6.07, 6.45) is 0.629. The molecule has 1 amide bonds. The van der Waals surface area contributed by atoms with Gasteiger partial charge in [-0.2, -0.15) is 4.98 Å². The van der Waals surface area contributed by atoms with Crippen molar-refractivity contribution in [1.82, 2.24) is 15.1 Å². The largest absolute Gasteiger partial charge is 0.494 e. The van der Waals surface area contributed by atoms with Crippen molar-refractivity contribution < 1.29 is 14.1 Å². The van der Waals surface area contributed by atoms with Crippen LogP contribution >= 0.6 is 11.3 Å². The summed E-state index contributed by atoms with van der Waals surface area (Å²) in [7, 11) is 0. The molecule has 2 heterocycles. The number of aryl methyl sites for hydroxylation is 2. The summed E-state index contributed by atoms with van der Waals surface area (Å²) in [5.74, 6) is 1.59. The maximum Gasteiger partial charge on any atom is 0.227 e. The molecule has 0 spiro atoms. The second-order valence-corrected chi connectivity index (χ2v) is 6.17. The van der Waals surface area contributed by atoms with Gasteiger partial charge in [0.05, 0.1) is 12.3 Å². The maximum absolute atomic E-state index is 11.9. The molecule has 0 bridgehead atoms. The zero-order chi connectivity index (χ0) is 17.6. The first-order chi connectivity index (χ1) is 12.1. The lowest BCUT2D eigenvalue weighted by Gasteiger charge is -2.02. The van der Waals surface area contributed by atoms with E-state index in [-0.39, 0.29) is 12.3 Å². The molecule has 0 aliphatic rings. The van der Waals surface area contributed by atoms with Gasteiger partial charge in [-0.15, -0.1) is 11.3 Å². The van der Waals surface area contributed by atoms with E-state index in [9.17, 15) is 4.79 Å². The van der Waals surface area contributed by atoms with Crippen LogP contribution in [0.4, 0.5) is 5.13 Å². The van der Waals surface area contributed by atoms with Gasteiger partial charge in [0.15, 0.2) is 5.13 Å². The van der Waals surface area contributed by atoms with E-state index in [0.717, 1.165) is 17.0 Å². The number of benzene rings is 1. The third-order valence-corrected chi connectivity index (χ3v) is 4.20. The van der Waals surface area contributed by atoms with Crippen molar-refractivity contribution in [2.45, 2.75) is 26.7 Å². The Hall–Kier alpha value is -2.74. The first kappa shape index (κ1) is 17.1. The molecule has 0 unspecified atom stereocenters. The van der Waals surface area contributed by atoms with Crippen molar-refractivity contribution in [3.05, 3.63) is 41.2 Å². The van der Waals surface area contributed by atoms with Gasteiger partial charge in [0.25, 0.3) is 0 Å². The van der Waals surface area contributed by atoms with E-state index < -0.39 is 0 Å². The van der Waals surface area contributed by atoms with E-state index in [4.69, 9.17) is 9.26 Å². The molecule has 3 rings (SSSR count). The molecule has 7 nitrogen and oxygen atoms in total. The highest BCUT2D eigenvalue weighted by atomic mass is 32.1. The fourth-order valence-corrected chi connectivity index (χ4v) is 2.86. The van der Waals surface area contributed by atoms with Crippen LogP contribution in [0.3, 0.4) is 0 Å². The number of nitrogens with one attached hydrogen (secondary N) is 1. The Bertz CT molecular complexity index is 842. The van der Waals surface area contributed by atoms with E-state index in [2.05, 4.69) is 20.4 Å². The van der Waals surface area contributed by atoms with E-state index in [1.54, 1.807) is 0 Å². The predicted molar refractivity (Wildman–Crippen MR) is 94.7 cm³/mol. The Morgan fingerprint density at radius 1 is 1.28 bits per heavy atom. The van der Waals surface area contributed by atoms with Crippen LogP contribution in [0.2, 0.25) is 0 Å². The van der Waals surface area contributed by atoms with E-state index in [1.165, 1.54) is 11.3 Å². The fourth-order valence-electron chi connectivity index (χ4n) is 2.15. The molecule has 3 aromatic rings. The molecule has 0 aliphatic heterocycles. The zero-order valence-corrected chi connectivity index (χ0v) is 14.8. The van der Waals surface area contributed by atoms with Gasteiger partial charge in [0, 0.05) is 23.8 Å². The highest BCUT2D eigenvalue weighted by molar-refractivity contribution is 7.13. The van der Waals surface area contributed by atoms with Crippen LogP contribution in [0.1, 0.15) is 24.9 Å². The lowest BCUT2D eigenvalue weighted by molar-refractivity contribution is -0.116. The highest BCUT2D eigenvalue weighted by Crippen LogP contribution is 2.20. The number of aromatic nitrogens is 3. The average molecular weight is 358 g/mol. The Labute approximate surface area is 149 Å². The van der Waals surface area contributed by atoms with Crippen molar-refractivity contribution in [3.63, 3.8) is 0 Å². The second-order valence-electron chi connectivity index (χ2n) is 5.31. The number of rotatable bonds is 7. The van der Waals surface area contributed by atoms with Gasteiger partial charge >= 0.3 is 0 Å². The molecule has 0 fully saturated rings. The number of hydrogen-bond acceptors (Lipinski definition) is 7. The second kappa shape index (κ2) is 7.89. The molecule has 8 heteroatoms. The van der Waals surface area contributed by atoms with Crippen LogP contribution in [-0.4, -0.2) is 27.6 Å². The van der Waals surface area contributed by atoms with Crippen LogP contribution in [0.15, 0.2) is 34.2 Å². The zero-order valence-electron chi connectivity index (χ0n) is 14.0. The molecule has 25 heavy (non-hydrogen) atoms. The lowest BCUT2D eigenvalue weighted by atomic mass is 10.2. The maximum atomic E-state index is 11.9. The minimum atomic E-state index is -0.129. The van der Waals surface area contributed by atoms with Crippen LogP contribution < -0.4 is 10.1 Å². The lowest BCUT2D eigenvalue weighted by Crippen LogP contribution is -2.12. The summed E-state index contributed by atoms with van der Waals surface area (Å²) < 4.78 is 10.6. The summed E-state index contributed by atoms with van der Waals surface area (Å²) >= 11 is 1.40. The van der Waals surface area contributed by atoms with Gasteiger partial charge in [-0.3, -0.25) is 4.79 Å². The Morgan fingerprint density at radius 3 is 2.76 bits per heavy atom. The van der Waals surface area contributed by atoms with Gasteiger partial charge in [0.1, 0.15) is 5.75 Å². The molecule has 1 N–H and O–H groups in total.